The number of thiol groups is 1. The lowest BCUT2D eigenvalue weighted by Gasteiger charge is -2.13. The average molecular weight is 241 g/mol. The van der Waals surface area contributed by atoms with Gasteiger partial charge in [-0.3, -0.25) is 4.79 Å². The number of aryl methyl sites for hydroxylation is 1. The summed E-state index contributed by atoms with van der Waals surface area (Å²) in [6.07, 6.45) is 0. The molecule has 0 aliphatic carbocycles. The zero-order valence-corrected chi connectivity index (χ0v) is 10.4. The molecule has 5 heteroatoms. The van der Waals surface area contributed by atoms with Gasteiger partial charge < -0.3 is 14.8 Å². The van der Waals surface area contributed by atoms with E-state index in [1.54, 1.807) is 20.3 Å². The summed E-state index contributed by atoms with van der Waals surface area (Å²) in [5, 5.41) is 2.74. The smallest absolute Gasteiger partial charge is 0.234 e. The highest BCUT2D eigenvalue weighted by molar-refractivity contribution is 7.81. The molecule has 0 heterocycles. The number of carbonyl (C=O) groups is 1. The Hall–Kier alpha value is -1.36. The van der Waals surface area contributed by atoms with Gasteiger partial charge in [-0.1, -0.05) is 0 Å². The number of amides is 1. The van der Waals surface area contributed by atoms with Gasteiger partial charge in [0.1, 0.15) is 0 Å². The fourth-order valence-corrected chi connectivity index (χ4v) is 1.38. The minimum Gasteiger partial charge on any atom is -0.493 e. The quantitative estimate of drug-likeness (QED) is 0.791. The third kappa shape index (κ3) is 2.82. The fourth-order valence-electron chi connectivity index (χ4n) is 1.31. The van der Waals surface area contributed by atoms with Gasteiger partial charge in [0, 0.05) is 11.8 Å². The molecule has 1 amide bonds. The van der Waals surface area contributed by atoms with Gasteiger partial charge in [-0.2, -0.15) is 12.6 Å². The molecule has 1 aromatic rings. The van der Waals surface area contributed by atoms with Crippen LogP contribution in [0.2, 0.25) is 0 Å². The van der Waals surface area contributed by atoms with Crippen molar-refractivity contribution >= 4 is 24.2 Å². The number of methoxy groups -OCH3 is 2. The maximum absolute atomic E-state index is 11.2. The summed E-state index contributed by atoms with van der Waals surface area (Å²) in [5.74, 6) is 1.22. The lowest BCUT2D eigenvalue weighted by molar-refractivity contribution is -0.113. The van der Waals surface area contributed by atoms with E-state index in [-0.39, 0.29) is 11.7 Å². The van der Waals surface area contributed by atoms with E-state index in [1.807, 2.05) is 13.0 Å². The van der Waals surface area contributed by atoms with Crippen LogP contribution in [0.25, 0.3) is 0 Å². The first-order valence-electron chi connectivity index (χ1n) is 4.75. The molecule has 0 aromatic heterocycles. The van der Waals surface area contributed by atoms with Crippen molar-refractivity contribution in [3.8, 4) is 11.5 Å². The van der Waals surface area contributed by atoms with Crippen molar-refractivity contribution in [3.63, 3.8) is 0 Å². The largest absolute Gasteiger partial charge is 0.493 e. The molecule has 0 spiro atoms. The van der Waals surface area contributed by atoms with Crippen LogP contribution in [-0.4, -0.2) is 25.9 Å². The molecule has 1 rings (SSSR count). The maximum atomic E-state index is 11.2. The molecular formula is C11H15NO3S. The molecule has 0 fully saturated rings. The normalized spacial score (nSPS) is 9.75. The predicted octanol–water partition coefficient (Wildman–Crippen LogP) is 1.88. The minimum atomic E-state index is -0.154. The van der Waals surface area contributed by atoms with Crippen molar-refractivity contribution in [1.29, 1.82) is 0 Å². The van der Waals surface area contributed by atoms with Crippen molar-refractivity contribution in [3.05, 3.63) is 17.7 Å². The lowest BCUT2D eigenvalue weighted by Crippen LogP contribution is -2.13. The number of carbonyl (C=O) groups excluding carboxylic acids is 1. The van der Waals surface area contributed by atoms with Crippen LogP contribution in [0.4, 0.5) is 5.69 Å². The molecule has 4 nitrogen and oxygen atoms in total. The number of anilines is 1. The summed E-state index contributed by atoms with van der Waals surface area (Å²) in [7, 11) is 3.13. The second-order valence-corrected chi connectivity index (χ2v) is 3.54. The number of hydrogen-bond donors (Lipinski definition) is 2. The van der Waals surface area contributed by atoms with Crippen molar-refractivity contribution < 1.29 is 14.3 Å². The molecule has 0 saturated carbocycles. The summed E-state index contributed by atoms with van der Waals surface area (Å²) >= 11 is 3.90. The Morgan fingerprint density at radius 2 is 1.88 bits per heavy atom. The molecule has 0 atom stereocenters. The Morgan fingerprint density at radius 3 is 2.38 bits per heavy atom. The standard InChI is InChI=1S/C11H15NO3S/c1-7-4-9(14-2)10(15-3)5-8(7)12-11(13)6-16/h4-5,16H,6H2,1-3H3,(H,12,13). The number of ether oxygens (including phenoxy) is 2. The van der Waals surface area contributed by atoms with E-state index in [4.69, 9.17) is 9.47 Å². The topological polar surface area (TPSA) is 47.6 Å². The fraction of sp³-hybridized carbons (Fsp3) is 0.364. The Balaban J connectivity index is 3.06. The van der Waals surface area contributed by atoms with Crippen molar-refractivity contribution in [2.24, 2.45) is 0 Å². The predicted molar refractivity (Wildman–Crippen MR) is 66.8 cm³/mol. The third-order valence-electron chi connectivity index (χ3n) is 2.15. The summed E-state index contributed by atoms with van der Waals surface area (Å²) in [4.78, 5) is 11.2. The van der Waals surface area contributed by atoms with Gasteiger partial charge in [-0.25, -0.2) is 0 Å². The van der Waals surface area contributed by atoms with Gasteiger partial charge in [0.2, 0.25) is 5.91 Å². The molecule has 1 N–H and O–H groups in total. The second kappa shape index (κ2) is 5.65. The number of benzene rings is 1. The summed E-state index contributed by atoms with van der Waals surface area (Å²) in [5.41, 5.74) is 1.62. The number of nitrogens with one attached hydrogen (secondary N) is 1. The second-order valence-electron chi connectivity index (χ2n) is 3.23. The minimum absolute atomic E-state index is 0.147. The van der Waals surface area contributed by atoms with Crippen LogP contribution in [0.3, 0.4) is 0 Å². The van der Waals surface area contributed by atoms with E-state index >= 15 is 0 Å². The summed E-state index contributed by atoms with van der Waals surface area (Å²) in [6.45, 7) is 1.89. The van der Waals surface area contributed by atoms with Crippen molar-refractivity contribution in [2.75, 3.05) is 25.3 Å². The average Bonchev–Trinajstić information content (AvgIpc) is 2.30. The molecule has 0 aliphatic heterocycles. The molecule has 0 aliphatic rings. The van der Waals surface area contributed by atoms with Crippen LogP contribution in [-0.2, 0) is 4.79 Å². The molecule has 0 bridgehead atoms. The highest BCUT2D eigenvalue weighted by Crippen LogP contribution is 2.32. The molecule has 0 radical (unpaired) electrons. The van der Waals surface area contributed by atoms with Gasteiger partial charge in [0.15, 0.2) is 11.5 Å². The van der Waals surface area contributed by atoms with Gasteiger partial charge in [-0.15, -0.1) is 0 Å². The molecule has 16 heavy (non-hydrogen) atoms. The van der Waals surface area contributed by atoms with E-state index in [1.165, 1.54) is 0 Å². The Bertz CT molecular complexity index is 393. The number of hydrogen-bond acceptors (Lipinski definition) is 4. The Morgan fingerprint density at radius 1 is 1.31 bits per heavy atom. The van der Waals surface area contributed by atoms with Gasteiger partial charge >= 0.3 is 0 Å². The van der Waals surface area contributed by atoms with Gasteiger partial charge in [0.25, 0.3) is 0 Å². The monoisotopic (exact) mass is 241 g/mol. The van der Waals surface area contributed by atoms with Crippen LogP contribution in [0, 0.1) is 6.92 Å². The van der Waals surface area contributed by atoms with Crippen LogP contribution in [0.1, 0.15) is 5.56 Å². The van der Waals surface area contributed by atoms with E-state index in [0.29, 0.717) is 17.2 Å². The SMILES string of the molecule is COc1cc(C)c(NC(=O)CS)cc1OC. The summed E-state index contributed by atoms with van der Waals surface area (Å²) < 4.78 is 10.3. The van der Waals surface area contributed by atoms with E-state index in [9.17, 15) is 4.79 Å². The first-order chi connectivity index (χ1) is 7.62. The highest BCUT2D eigenvalue weighted by Gasteiger charge is 2.09. The van der Waals surface area contributed by atoms with Crippen molar-refractivity contribution in [2.45, 2.75) is 6.92 Å². The lowest BCUT2D eigenvalue weighted by atomic mass is 10.1. The van der Waals surface area contributed by atoms with Crippen LogP contribution >= 0.6 is 12.6 Å². The molecule has 88 valence electrons. The van der Waals surface area contributed by atoms with Gasteiger partial charge in [0.05, 0.1) is 20.0 Å². The van der Waals surface area contributed by atoms with Crippen molar-refractivity contribution in [1.82, 2.24) is 0 Å². The van der Waals surface area contributed by atoms with E-state index in [2.05, 4.69) is 17.9 Å². The first kappa shape index (κ1) is 12.7. The van der Waals surface area contributed by atoms with Crippen LogP contribution < -0.4 is 14.8 Å². The van der Waals surface area contributed by atoms with Crippen LogP contribution in [0.5, 0.6) is 11.5 Å². The molecule has 0 unspecified atom stereocenters. The van der Waals surface area contributed by atoms with Crippen LogP contribution in [0.15, 0.2) is 12.1 Å². The summed E-state index contributed by atoms with van der Waals surface area (Å²) in [6, 6.07) is 3.54. The first-order valence-corrected chi connectivity index (χ1v) is 5.39. The highest BCUT2D eigenvalue weighted by atomic mass is 32.1. The zero-order chi connectivity index (χ0) is 12.1. The van der Waals surface area contributed by atoms with E-state index in [0.717, 1.165) is 5.56 Å². The zero-order valence-electron chi connectivity index (χ0n) is 9.53. The third-order valence-corrected chi connectivity index (χ3v) is 2.44. The Labute approximate surface area is 100 Å². The number of rotatable bonds is 4. The maximum Gasteiger partial charge on any atom is 0.234 e. The molecule has 0 saturated heterocycles. The molecule has 1 aromatic carbocycles. The van der Waals surface area contributed by atoms with Gasteiger partial charge in [-0.05, 0) is 18.6 Å². The van der Waals surface area contributed by atoms with E-state index < -0.39 is 0 Å². The molecular weight excluding hydrogens is 226 g/mol. The Kier molecular flexibility index (Phi) is 4.49.